The highest BCUT2D eigenvalue weighted by molar-refractivity contribution is 5.97. The van der Waals surface area contributed by atoms with Crippen molar-refractivity contribution in [1.29, 1.82) is 0 Å². The maximum absolute atomic E-state index is 13.7. The standard InChI is InChI=1S/C22H20F3N5O/c1-11-19(12(2)31-30-11)13-6-7-15-16(9-26-18(15)8-13)20-17(22(23,24)25)10-27-21(29-20)28-14-4-3-5-14/h6-10,14,26H,3-5H2,1-2H3,(H,27,28,29). The normalized spacial score (nSPS) is 14.7. The Morgan fingerprint density at radius 1 is 1.19 bits per heavy atom. The van der Waals surface area contributed by atoms with Crippen molar-refractivity contribution < 1.29 is 17.7 Å². The van der Waals surface area contributed by atoms with Crippen molar-refractivity contribution in [3.63, 3.8) is 0 Å². The van der Waals surface area contributed by atoms with Crippen LogP contribution >= 0.6 is 0 Å². The Hall–Kier alpha value is -3.36. The van der Waals surface area contributed by atoms with E-state index in [1.807, 2.05) is 26.0 Å². The van der Waals surface area contributed by atoms with Crippen molar-refractivity contribution in [3.8, 4) is 22.4 Å². The average molecular weight is 427 g/mol. The number of aromatic amines is 1. The van der Waals surface area contributed by atoms with E-state index in [0.29, 0.717) is 22.2 Å². The minimum Gasteiger partial charge on any atom is -0.361 e. The number of aromatic nitrogens is 4. The summed E-state index contributed by atoms with van der Waals surface area (Å²) in [6.45, 7) is 3.68. The highest BCUT2D eigenvalue weighted by Gasteiger charge is 2.36. The highest BCUT2D eigenvalue weighted by atomic mass is 19.4. The lowest BCUT2D eigenvalue weighted by atomic mass is 9.93. The van der Waals surface area contributed by atoms with Crippen LogP contribution in [0.1, 0.15) is 36.3 Å². The fraction of sp³-hybridized carbons (Fsp3) is 0.318. The molecule has 3 aromatic heterocycles. The number of nitrogens with one attached hydrogen (secondary N) is 2. The number of fused-ring (bicyclic) bond motifs is 1. The molecule has 0 spiro atoms. The van der Waals surface area contributed by atoms with Gasteiger partial charge in [0.2, 0.25) is 5.95 Å². The van der Waals surface area contributed by atoms with Gasteiger partial charge >= 0.3 is 6.18 Å². The molecule has 0 bridgehead atoms. The molecule has 1 aliphatic rings. The third-order valence-electron chi connectivity index (χ3n) is 5.79. The zero-order valence-electron chi connectivity index (χ0n) is 17.0. The predicted molar refractivity (Wildman–Crippen MR) is 111 cm³/mol. The molecular formula is C22H20F3N5O. The second-order valence-electron chi connectivity index (χ2n) is 7.89. The quantitative estimate of drug-likeness (QED) is 0.425. The number of halogens is 3. The van der Waals surface area contributed by atoms with Crippen molar-refractivity contribution in [2.75, 3.05) is 5.32 Å². The molecule has 9 heteroatoms. The Morgan fingerprint density at radius 2 is 2.00 bits per heavy atom. The van der Waals surface area contributed by atoms with Gasteiger partial charge in [-0.25, -0.2) is 9.97 Å². The van der Waals surface area contributed by atoms with Crippen LogP contribution in [0, 0.1) is 13.8 Å². The van der Waals surface area contributed by atoms with Crippen LogP contribution in [-0.2, 0) is 6.18 Å². The molecule has 31 heavy (non-hydrogen) atoms. The molecule has 0 radical (unpaired) electrons. The van der Waals surface area contributed by atoms with E-state index in [4.69, 9.17) is 4.52 Å². The van der Waals surface area contributed by atoms with Gasteiger partial charge in [-0.3, -0.25) is 0 Å². The largest absolute Gasteiger partial charge is 0.419 e. The molecule has 160 valence electrons. The number of aryl methyl sites for hydroxylation is 2. The number of benzene rings is 1. The molecule has 1 aliphatic carbocycles. The van der Waals surface area contributed by atoms with Gasteiger partial charge in [0.25, 0.3) is 0 Å². The Morgan fingerprint density at radius 3 is 2.65 bits per heavy atom. The molecular weight excluding hydrogens is 407 g/mol. The van der Waals surface area contributed by atoms with E-state index in [9.17, 15) is 13.2 Å². The molecule has 3 heterocycles. The van der Waals surface area contributed by atoms with E-state index in [0.717, 1.165) is 42.3 Å². The molecule has 0 saturated heterocycles. The molecule has 4 aromatic rings. The first-order chi connectivity index (χ1) is 14.8. The van der Waals surface area contributed by atoms with Crippen LogP contribution in [0.4, 0.5) is 19.1 Å². The van der Waals surface area contributed by atoms with Gasteiger partial charge in [0.1, 0.15) is 11.3 Å². The lowest BCUT2D eigenvalue weighted by Crippen LogP contribution is -2.28. The maximum Gasteiger partial charge on any atom is 0.419 e. The van der Waals surface area contributed by atoms with E-state index >= 15 is 0 Å². The van der Waals surface area contributed by atoms with Crippen LogP contribution in [-0.4, -0.2) is 26.2 Å². The van der Waals surface area contributed by atoms with E-state index in [1.165, 1.54) is 0 Å². The smallest absolute Gasteiger partial charge is 0.361 e. The topological polar surface area (TPSA) is 79.6 Å². The first-order valence-corrected chi connectivity index (χ1v) is 10.1. The van der Waals surface area contributed by atoms with E-state index < -0.39 is 11.7 Å². The van der Waals surface area contributed by atoms with Crippen LogP contribution in [0.5, 0.6) is 0 Å². The summed E-state index contributed by atoms with van der Waals surface area (Å²) in [5.74, 6) is 0.903. The second-order valence-corrected chi connectivity index (χ2v) is 7.89. The Labute approximate surface area is 175 Å². The lowest BCUT2D eigenvalue weighted by molar-refractivity contribution is -0.137. The first kappa shape index (κ1) is 19.6. The highest BCUT2D eigenvalue weighted by Crippen LogP contribution is 2.40. The zero-order valence-corrected chi connectivity index (χ0v) is 17.0. The van der Waals surface area contributed by atoms with Gasteiger partial charge in [0.05, 0.1) is 11.4 Å². The zero-order chi connectivity index (χ0) is 21.8. The summed E-state index contributed by atoms with van der Waals surface area (Å²) in [7, 11) is 0. The molecule has 0 amide bonds. The number of nitrogens with zero attached hydrogens (tertiary/aromatic N) is 3. The van der Waals surface area contributed by atoms with Gasteiger partial charge in [-0.2, -0.15) is 13.2 Å². The summed E-state index contributed by atoms with van der Waals surface area (Å²) in [5, 5.41) is 7.75. The average Bonchev–Trinajstić information content (AvgIpc) is 3.26. The predicted octanol–water partition coefficient (Wildman–Crippen LogP) is 5.88. The van der Waals surface area contributed by atoms with E-state index in [-0.39, 0.29) is 17.7 Å². The van der Waals surface area contributed by atoms with Gasteiger partial charge in [-0.1, -0.05) is 17.3 Å². The van der Waals surface area contributed by atoms with Gasteiger partial charge < -0.3 is 14.8 Å². The molecule has 0 atom stereocenters. The molecule has 5 rings (SSSR count). The number of H-pyrrole nitrogens is 1. The van der Waals surface area contributed by atoms with Crippen LogP contribution in [0.3, 0.4) is 0 Å². The van der Waals surface area contributed by atoms with Crippen LogP contribution in [0.2, 0.25) is 0 Å². The van der Waals surface area contributed by atoms with Crippen molar-refractivity contribution in [2.24, 2.45) is 0 Å². The van der Waals surface area contributed by atoms with Crippen molar-refractivity contribution >= 4 is 16.9 Å². The van der Waals surface area contributed by atoms with Crippen LogP contribution in [0.15, 0.2) is 35.1 Å². The lowest BCUT2D eigenvalue weighted by Gasteiger charge is -2.26. The van der Waals surface area contributed by atoms with Gasteiger partial charge in [-0.15, -0.1) is 0 Å². The summed E-state index contributed by atoms with van der Waals surface area (Å²) in [6, 6.07) is 5.75. The minimum absolute atomic E-state index is 0.138. The summed E-state index contributed by atoms with van der Waals surface area (Å²) >= 11 is 0. The first-order valence-electron chi connectivity index (χ1n) is 10.1. The molecule has 0 aliphatic heterocycles. The molecule has 2 N–H and O–H groups in total. The van der Waals surface area contributed by atoms with Crippen molar-refractivity contribution in [2.45, 2.75) is 45.3 Å². The third-order valence-corrected chi connectivity index (χ3v) is 5.79. The van der Waals surface area contributed by atoms with E-state index in [1.54, 1.807) is 12.3 Å². The van der Waals surface area contributed by atoms with Gasteiger partial charge in [0.15, 0.2) is 0 Å². The summed E-state index contributed by atoms with van der Waals surface area (Å²) in [5.41, 5.74) is 2.60. The third kappa shape index (κ3) is 3.43. The molecule has 1 saturated carbocycles. The summed E-state index contributed by atoms with van der Waals surface area (Å²) in [6.07, 6.45) is 0.896. The van der Waals surface area contributed by atoms with Crippen LogP contribution < -0.4 is 5.32 Å². The van der Waals surface area contributed by atoms with Crippen molar-refractivity contribution in [3.05, 3.63) is 47.6 Å². The number of hydrogen-bond donors (Lipinski definition) is 2. The maximum atomic E-state index is 13.7. The Balaban J connectivity index is 1.62. The minimum atomic E-state index is -4.56. The SMILES string of the molecule is Cc1noc(C)c1-c1ccc2c(-c3nc(NC4CCC4)ncc3C(F)(F)F)c[nH]c2c1. The fourth-order valence-corrected chi connectivity index (χ4v) is 3.97. The monoisotopic (exact) mass is 427 g/mol. The van der Waals surface area contributed by atoms with Crippen LogP contribution in [0.25, 0.3) is 33.3 Å². The number of rotatable bonds is 4. The summed E-state index contributed by atoms with van der Waals surface area (Å²) < 4.78 is 46.4. The molecule has 1 aromatic carbocycles. The Bertz CT molecular complexity index is 1250. The number of hydrogen-bond acceptors (Lipinski definition) is 5. The number of anilines is 1. The molecule has 6 nitrogen and oxygen atoms in total. The molecule has 1 fully saturated rings. The molecule has 0 unspecified atom stereocenters. The Kier molecular flexibility index (Phi) is 4.49. The van der Waals surface area contributed by atoms with E-state index in [2.05, 4.69) is 25.4 Å². The van der Waals surface area contributed by atoms with Gasteiger partial charge in [-0.05, 0) is 44.7 Å². The van der Waals surface area contributed by atoms with Crippen molar-refractivity contribution in [1.82, 2.24) is 20.1 Å². The van der Waals surface area contributed by atoms with Gasteiger partial charge in [0, 0.05) is 40.5 Å². The number of alkyl halides is 3. The second kappa shape index (κ2) is 7.11. The summed E-state index contributed by atoms with van der Waals surface area (Å²) in [4.78, 5) is 11.3. The fourth-order valence-electron chi connectivity index (χ4n) is 3.97.